The van der Waals surface area contributed by atoms with Crippen LogP contribution < -0.4 is 5.32 Å². The molecule has 0 aromatic rings. The van der Waals surface area contributed by atoms with Crippen molar-refractivity contribution in [1.29, 1.82) is 0 Å². The van der Waals surface area contributed by atoms with Crippen LogP contribution in [0, 0.1) is 0 Å². The Morgan fingerprint density at radius 2 is 0.956 bits per heavy atom. The van der Waals surface area contributed by atoms with Crippen molar-refractivity contribution in [3.63, 3.8) is 0 Å². The Balaban J connectivity index is 2.16. The molecule has 0 aromatic carbocycles. The van der Waals surface area contributed by atoms with Crippen molar-refractivity contribution < 1.29 is 49.3 Å². The predicted molar refractivity (Wildman–Crippen MR) is 278 cm³/mol. The van der Waals surface area contributed by atoms with Gasteiger partial charge in [0, 0.05) is 12.8 Å². The second-order valence-electron chi connectivity index (χ2n) is 20.0. The number of unbranched alkanes of at least 4 members (excludes halogenated alkanes) is 33. The van der Waals surface area contributed by atoms with E-state index >= 15 is 0 Å². The second kappa shape index (κ2) is 47.5. The Bertz CT molecular complexity index is 1180. The number of carbonyl (C=O) groups excluding carboxylic acids is 2. The van der Waals surface area contributed by atoms with Crippen molar-refractivity contribution in [2.24, 2.45) is 0 Å². The summed E-state index contributed by atoms with van der Waals surface area (Å²) in [5, 5.41) is 54.3. The van der Waals surface area contributed by atoms with Gasteiger partial charge >= 0.3 is 5.97 Å². The quantitative estimate of drug-likeness (QED) is 0.0196. The van der Waals surface area contributed by atoms with Crippen molar-refractivity contribution in [2.75, 3.05) is 19.8 Å². The van der Waals surface area contributed by atoms with Crippen molar-refractivity contribution >= 4 is 11.9 Å². The molecule has 1 saturated heterocycles. The summed E-state index contributed by atoms with van der Waals surface area (Å²) >= 11 is 0. The van der Waals surface area contributed by atoms with Crippen molar-refractivity contribution in [2.45, 2.75) is 307 Å². The van der Waals surface area contributed by atoms with Crippen LogP contribution in [0.1, 0.15) is 264 Å². The molecule has 0 spiro atoms. The van der Waals surface area contributed by atoms with Gasteiger partial charge in [-0.2, -0.15) is 0 Å². The summed E-state index contributed by atoms with van der Waals surface area (Å²) in [7, 11) is 0. The zero-order valence-corrected chi connectivity index (χ0v) is 43.8. The minimum atomic E-state index is -1.58. The summed E-state index contributed by atoms with van der Waals surface area (Å²) in [5.74, 6) is -0.219. The number of rotatable bonds is 49. The van der Waals surface area contributed by atoms with Crippen LogP contribution in [0.2, 0.25) is 0 Å². The highest BCUT2D eigenvalue weighted by Gasteiger charge is 2.44. The van der Waals surface area contributed by atoms with Crippen LogP contribution in [0.4, 0.5) is 0 Å². The third-order valence-corrected chi connectivity index (χ3v) is 13.6. The third kappa shape index (κ3) is 37.0. The van der Waals surface area contributed by atoms with Gasteiger partial charge in [0.05, 0.1) is 32.0 Å². The lowest BCUT2D eigenvalue weighted by atomic mass is 9.99. The minimum Gasteiger partial charge on any atom is -0.466 e. The molecule has 1 fully saturated rings. The molecule has 7 unspecified atom stereocenters. The zero-order valence-electron chi connectivity index (χ0n) is 43.8. The van der Waals surface area contributed by atoms with Crippen LogP contribution in [0.3, 0.4) is 0 Å². The molecule has 7 atom stereocenters. The minimum absolute atomic E-state index is 0.0196. The highest BCUT2D eigenvalue weighted by atomic mass is 16.7. The molecule has 0 aromatic heterocycles. The Labute approximate surface area is 416 Å². The molecular weight excluding hydrogens is 859 g/mol. The van der Waals surface area contributed by atoms with E-state index in [0.717, 1.165) is 70.6 Å². The highest BCUT2D eigenvalue weighted by molar-refractivity contribution is 5.76. The van der Waals surface area contributed by atoms with E-state index < -0.39 is 49.5 Å². The number of ether oxygens (including phenoxy) is 3. The zero-order chi connectivity index (χ0) is 49.6. The summed E-state index contributed by atoms with van der Waals surface area (Å²) in [4.78, 5) is 25.1. The number of aliphatic hydroxyl groups excluding tert-OH is 5. The Hall–Kier alpha value is -1.86. The fourth-order valence-corrected chi connectivity index (χ4v) is 8.98. The van der Waals surface area contributed by atoms with E-state index in [1.165, 1.54) is 167 Å². The predicted octanol–water partition coefficient (Wildman–Crippen LogP) is 12.6. The number of esters is 1. The van der Waals surface area contributed by atoms with Crippen LogP contribution in [-0.2, 0) is 23.8 Å². The number of hydrogen-bond donors (Lipinski definition) is 6. The number of allylic oxidation sites excluding steroid dienone is 3. The molecule has 0 aliphatic carbocycles. The summed E-state index contributed by atoms with van der Waals surface area (Å²) < 4.78 is 16.7. The molecule has 6 N–H and O–H groups in total. The number of amides is 1. The normalized spacial score (nSPS) is 19.5. The molecule has 11 heteroatoms. The number of hydrogen-bond acceptors (Lipinski definition) is 10. The average Bonchev–Trinajstić information content (AvgIpc) is 3.33. The second-order valence-corrected chi connectivity index (χ2v) is 20.0. The first kappa shape index (κ1) is 64.2. The molecular formula is C57H107NO10. The molecule has 400 valence electrons. The summed E-state index contributed by atoms with van der Waals surface area (Å²) in [6.45, 7) is 4.29. The summed E-state index contributed by atoms with van der Waals surface area (Å²) in [5.41, 5.74) is 0. The van der Waals surface area contributed by atoms with Gasteiger partial charge < -0.3 is 45.1 Å². The maximum Gasteiger partial charge on any atom is 0.305 e. The van der Waals surface area contributed by atoms with E-state index in [0.29, 0.717) is 19.4 Å². The molecule has 1 heterocycles. The topological polar surface area (TPSA) is 175 Å². The molecule has 1 amide bonds. The van der Waals surface area contributed by atoms with Gasteiger partial charge in [0.15, 0.2) is 6.29 Å². The van der Waals surface area contributed by atoms with Crippen molar-refractivity contribution in [3.05, 3.63) is 24.3 Å². The van der Waals surface area contributed by atoms with Gasteiger partial charge in [0.1, 0.15) is 24.4 Å². The van der Waals surface area contributed by atoms with Crippen LogP contribution in [0.5, 0.6) is 0 Å². The van der Waals surface area contributed by atoms with Crippen LogP contribution in [0.15, 0.2) is 24.3 Å². The van der Waals surface area contributed by atoms with Crippen LogP contribution >= 0.6 is 0 Å². The van der Waals surface area contributed by atoms with Gasteiger partial charge in [-0.25, -0.2) is 0 Å². The van der Waals surface area contributed by atoms with E-state index in [4.69, 9.17) is 14.2 Å². The van der Waals surface area contributed by atoms with Gasteiger partial charge in [0.2, 0.25) is 5.91 Å². The standard InChI is InChI=1S/C57H107NO10/c1-3-5-7-9-11-13-15-16-20-24-27-31-35-39-43-50(60)49(48-67-57-56(65)55(64)54(63)51(47-59)68-57)58-52(61)44-40-36-32-28-25-21-18-17-19-22-26-30-34-38-42-46-66-53(62)45-41-37-33-29-23-14-12-10-8-6-4-2/h24,27,39,43,49-51,54-57,59-60,63-65H,3-23,25-26,28-38,40-42,44-48H2,1-2H3,(H,58,61)/b27-24+,43-39+. The Morgan fingerprint density at radius 1 is 0.529 bits per heavy atom. The maximum atomic E-state index is 13.0. The van der Waals surface area contributed by atoms with E-state index in [1.807, 2.05) is 6.08 Å². The molecule has 1 aliphatic heterocycles. The first-order valence-corrected chi connectivity index (χ1v) is 28.6. The molecule has 1 aliphatic rings. The van der Waals surface area contributed by atoms with Crippen molar-refractivity contribution in [1.82, 2.24) is 5.32 Å². The summed E-state index contributed by atoms with van der Waals surface area (Å²) in [6, 6.07) is -0.833. The Kier molecular flexibility index (Phi) is 44.8. The highest BCUT2D eigenvalue weighted by Crippen LogP contribution is 2.23. The molecule has 0 radical (unpaired) electrons. The van der Waals surface area contributed by atoms with Crippen molar-refractivity contribution in [3.8, 4) is 0 Å². The van der Waals surface area contributed by atoms with Gasteiger partial charge in [-0.05, 0) is 44.9 Å². The lowest BCUT2D eigenvalue weighted by molar-refractivity contribution is -0.302. The molecule has 1 rings (SSSR count). The third-order valence-electron chi connectivity index (χ3n) is 13.6. The fraction of sp³-hybridized carbons (Fsp3) is 0.895. The van der Waals surface area contributed by atoms with E-state index in [9.17, 15) is 35.1 Å². The lowest BCUT2D eigenvalue weighted by Crippen LogP contribution is -2.60. The number of nitrogens with one attached hydrogen (secondary N) is 1. The summed E-state index contributed by atoms with van der Waals surface area (Å²) in [6.07, 6.45) is 45.4. The van der Waals surface area contributed by atoms with Gasteiger partial charge in [-0.1, -0.05) is 231 Å². The number of carbonyl (C=O) groups is 2. The largest absolute Gasteiger partial charge is 0.466 e. The van der Waals surface area contributed by atoms with Crippen LogP contribution in [0.25, 0.3) is 0 Å². The molecule has 0 bridgehead atoms. The maximum absolute atomic E-state index is 13.0. The SMILES string of the molecule is CCCCCCCCCC/C=C/CC/C=C/C(O)C(COC1OC(CO)C(O)C(O)C1O)NC(=O)CCCCCCCCCCCCCCCCCOC(=O)CCCCCCCCCCCCC. The average molecular weight is 966 g/mol. The van der Waals surface area contributed by atoms with Gasteiger partial charge in [-0.3, -0.25) is 9.59 Å². The lowest BCUT2D eigenvalue weighted by Gasteiger charge is -2.40. The smallest absolute Gasteiger partial charge is 0.305 e. The first-order chi connectivity index (χ1) is 33.2. The van der Waals surface area contributed by atoms with Crippen LogP contribution in [-0.4, -0.2) is 100 Å². The molecule has 0 saturated carbocycles. The van der Waals surface area contributed by atoms with Gasteiger partial charge in [0.25, 0.3) is 0 Å². The monoisotopic (exact) mass is 966 g/mol. The van der Waals surface area contributed by atoms with E-state index in [2.05, 4.69) is 31.3 Å². The van der Waals surface area contributed by atoms with Gasteiger partial charge in [-0.15, -0.1) is 0 Å². The fourth-order valence-electron chi connectivity index (χ4n) is 8.98. The van der Waals surface area contributed by atoms with E-state index in [1.54, 1.807) is 6.08 Å². The van der Waals surface area contributed by atoms with E-state index in [-0.39, 0.29) is 18.5 Å². The first-order valence-electron chi connectivity index (χ1n) is 28.6. The number of aliphatic hydroxyl groups is 5. The molecule has 68 heavy (non-hydrogen) atoms. The molecule has 11 nitrogen and oxygen atoms in total. The Morgan fingerprint density at radius 3 is 1.46 bits per heavy atom.